The number of benzene rings is 1. The van der Waals surface area contributed by atoms with Crippen molar-refractivity contribution in [1.29, 1.82) is 0 Å². The molecular weight excluding hydrogens is 303 g/mol. The van der Waals surface area contributed by atoms with Crippen molar-refractivity contribution >= 4 is 12.9 Å². The van der Waals surface area contributed by atoms with E-state index in [1.54, 1.807) is 49.4 Å². The van der Waals surface area contributed by atoms with Gasteiger partial charge in [-0.1, -0.05) is 30.4 Å². The molecule has 1 N–H and O–H groups in total. The van der Waals surface area contributed by atoms with Gasteiger partial charge in [0.05, 0.1) is 19.4 Å². The molecule has 2 atom stereocenters. The summed E-state index contributed by atoms with van der Waals surface area (Å²) in [6, 6.07) is 4.78. The highest BCUT2D eigenvalue weighted by molar-refractivity contribution is 7.77. The van der Waals surface area contributed by atoms with E-state index in [9.17, 15) is 14.3 Å². The van der Waals surface area contributed by atoms with Gasteiger partial charge < -0.3 is 14.4 Å². The van der Waals surface area contributed by atoms with Gasteiger partial charge in [0.15, 0.2) is 0 Å². The topological polar surface area (TPSA) is 72.8 Å². The van der Waals surface area contributed by atoms with Crippen LogP contribution in [-0.2, 0) is 4.57 Å². The molecule has 2 unspecified atom stereocenters. The SMILES string of the molecule is COc1cccc(OC)c1C(=O)P(=O)(O)C1(C)C=CC=CC1. The first-order valence-corrected chi connectivity index (χ1v) is 8.46. The van der Waals surface area contributed by atoms with Gasteiger partial charge in [-0.25, -0.2) is 0 Å². The van der Waals surface area contributed by atoms with Crippen molar-refractivity contribution in [3.8, 4) is 11.5 Å². The number of allylic oxidation sites excluding steroid dienone is 4. The van der Waals surface area contributed by atoms with E-state index in [-0.39, 0.29) is 17.1 Å². The van der Waals surface area contributed by atoms with Crippen LogP contribution in [0, 0.1) is 0 Å². The molecule has 0 amide bonds. The molecular formula is C16H19O5P. The maximum atomic E-state index is 12.9. The molecule has 2 rings (SSSR count). The average molecular weight is 322 g/mol. The molecule has 6 heteroatoms. The fourth-order valence-electron chi connectivity index (χ4n) is 2.39. The first-order chi connectivity index (χ1) is 10.4. The van der Waals surface area contributed by atoms with E-state index in [1.165, 1.54) is 14.2 Å². The molecule has 0 radical (unpaired) electrons. The Labute approximate surface area is 129 Å². The summed E-state index contributed by atoms with van der Waals surface area (Å²) in [6.07, 6.45) is 7.17. The molecule has 0 saturated carbocycles. The molecule has 22 heavy (non-hydrogen) atoms. The van der Waals surface area contributed by atoms with Crippen molar-refractivity contribution in [3.63, 3.8) is 0 Å². The monoisotopic (exact) mass is 322 g/mol. The fourth-order valence-corrected chi connectivity index (χ4v) is 4.01. The van der Waals surface area contributed by atoms with Crippen LogP contribution in [0.4, 0.5) is 0 Å². The second-order valence-corrected chi connectivity index (χ2v) is 7.85. The highest BCUT2D eigenvalue weighted by atomic mass is 31.2. The number of methoxy groups -OCH3 is 2. The molecule has 0 aromatic heterocycles. The van der Waals surface area contributed by atoms with Crippen LogP contribution in [0.15, 0.2) is 42.5 Å². The smallest absolute Gasteiger partial charge is 0.279 e. The summed E-state index contributed by atoms with van der Waals surface area (Å²) >= 11 is 0. The molecule has 0 spiro atoms. The van der Waals surface area contributed by atoms with Gasteiger partial charge in [0, 0.05) is 0 Å². The highest BCUT2D eigenvalue weighted by Crippen LogP contribution is 2.61. The van der Waals surface area contributed by atoms with Crippen molar-refractivity contribution < 1.29 is 23.7 Å². The van der Waals surface area contributed by atoms with Crippen molar-refractivity contribution in [1.82, 2.24) is 0 Å². The maximum absolute atomic E-state index is 12.9. The van der Waals surface area contributed by atoms with Crippen LogP contribution in [0.25, 0.3) is 0 Å². The van der Waals surface area contributed by atoms with Gasteiger partial charge in [-0.05, 0) is 25.5 Å². The predicted molar refractivity (Wildman–Crippen MR) is 85.0 cm³/mol. The summed E-state index contributed by atoms with van der Waals surface area (Å²) < 4.78 is 23.3. The Balaban J connectivity index is 2.54. The lowest BCUT2D eigenvalue weighted by Gasteiger charge is -2.31. The van der Waals surface area contributed by atoms with Crippen LogP contribution in [0.1, 0.15) is 23.7 Å². The van der Waals surface area contributed by atoms with Crippen LogP contribution in [0.5, 0.6) is 11.5 Å². The van der Waals surface area contributed by atoms with E-state index in [2.05, 4.69) is 0 Å². The normalized spacial score (nSPS) is 22.9. The van der Waals surface area contributed by atoms with Crippen molar-refractivity contribution in [2.45, 2.75) is 18.5 Å². The Hall–Kier alpha value is -1.84. The fraction of sp³-hybridized carbons (Fsp3) is 0.312. The lowest BCUT2D eigenvalue weighted by atomic mass is 10.0. The third-order valence-electron chi connectivity index (χ3n) is 3.84. The zero-order valence-corrected chi connectivity index (χ0v) is 13.7. The second kappa shape index (κ2) is 6.11. The molecule has 1 aliphatic rings. The summed E-state index contributed by atoms with van der Waals surface area (Å²) in [5.41, 5.74) is -0.855. The Kier molecular flexibility index (Phi) is 4.59. The Morgan fingerprint density at radius 2 is 1.82 bits per heavy atom. The predicted octanol–water partition coefficient (Wildman–Crippen LogP) is 3.39. The van der Waals surface area contributed by atoms with Crippen LogP contribution < -0.4 is 9.47 Å². The maximum Gasteiger partial charge on any atom is 0.279 e. The quantitative estimate of drug-likeness (QED) is 0.841. The number of hydrogen-bond donors (Lipinski definition) is 1. The van der Waals surface area contributed by atoms with E-state index in [0.717, 1.165) is 0 Å². The van der Waals surface area contributed by atoms with Gasteiger partial charge in [0.25, 0.3) is 12.9 Å². The zero-order chi connectivity index (χ0) is 16.4. The van der Waals surface area contributed by atoms with E-state index in [1.807, 2.05) is 0 Å². The third kappa shape index (κ3) is 2.62. The van der Waals surface area contributed by atoms with Crippen LogP contribution in [0.3, 0.4) is 0 Å². The molecule has 0 bridgehead atoms. The Morgan fingerprint density at radius 3 is 2.27 bits per heavy atom. The molecule has 1 aliphatic carbocycles. The van der Waals surface area contributed by atoms with Gasteiger partial charge in [-0.15, -0.1) is 0 Å². The minimum absolute atomic E-state index is 0.00233. The molecule has 0 aliphatic heterocycles. The lowest BCUT2D eigenvalue weighted by molar-refractivity contribution is 0.105. The number of ether oxygens (including phenoxy) is 2. The lowest BCUT2D eigenvalue weighted by Crippen LogP contribution is -2.27. The largest absolute Gasteiger partial charge is 0.496 e. The Bertz CT molecular complexity index is 670. The summed E-state index contributed by atoms with van der Waals surface area (Å²) in [6.45, 7) is 1.60. The van der Waals surface area contributed by atoms with Gasteiger partial charge in [-0.2, -0.15) is 0 Å². The summed E-state index contributed by atoms with van der Waals surface area (Å²) in [4.78, 5) is 23.4. The molecule has 1 aromatic rings. The zero-order valence-electron chi connectivity index (χ0n) is 12.8. The standard InChI is InChI=1S/C16H19O5P/c1-16(10-5-4-6-11-16)22(18,19)15(17)14-12(20-2)8-7-9-13(14)21-3/h4-10H,11H2,1-3H3,(H,18,19). The van der Waals surface area contributed by atoms with Crippen molar-refractivity contribution in [2.75, 3.05) is 14.2 Å². The van der Waals surface area contributed by atoms with Gasteiger partial charge in [0.2, 0.25) is 0 Å². The number of carbonyl (C=O) groups excluding carboxylic acids is 1. The van der Waals surface area contributed by atoms with Crippen molar-refractivity contribution in [2.24, 2.45) is 0 Å². The third-order valence-corrected chi connectivity index (χ3v) is 6.33. The first kappa shape index (κ1) is 16.5. The molecule has 5 nitrogen and oxygen atoms in total. The number of hydrogen-bond acceptors (Lipinski definition) is 4. The summed E-state index contributed by atoms with van der Waals surface area (Å²) in [7, 11) is -1.41. The van der Waals surface area contributed by atoms with Gasteiger partial charge in [0.1, 0.15) is 17.1 Å². The molecule has 0 fully saturated rings. The van der Waals surface area contributed by atoms with Gasteiger partial charge >= 0.3 is 0 Å². The minimum Gasteiger partial charge on any atom is -0.496 e. The van der Waals surface area contributed by atoms with Crippen LogP contribution in [0.2, 0.25) is 0 Å². The second-order valence-electron chi connectivity index (χ2n) is 5.27. The molecule has 1 aromatic carbocycles. The molecule has 0 saturated heterocycles. The van der Waals surface area contributed by atoms with Crippen LogP contribution >= 0.6 is 7.37 Å². The Morgan fingerprint density at radius 1 is 1.23 bits per heavy atom. The highest BCUT2D eigenvalue weighted by Gasteiger charge is 2.48. The average Bonchev–Trinajstić information content (AvgIpc) is 2.53. The number of rotatable bonds is 5. The van der Waals surface area contributed by atoms with E-state index in [0.29, 0.717) is 6.42 Å². The van der Waals surface area contributed by atoms with E-state index < -0.39 is 18.0 Å². The summed E-state index contributed by atoms with van der Waals surface area (Å²) in [5.74, 6) is 0.440. The summed E-state index contributed by atoms with van der Waals surface area (Å²) in [5, 5.41) is -1.13. The molecule has 118 valence electrons. The van der Waals surface area contributed by atoms with Gasteiger partial charge in [-0.3, -0.25) is 9.36 Å². The molecule has 0 heterocycles. The van der Waals surface area contributed by atoms with Crippen LogP contribution in [-0.4, -0.2) is 29.8 Å². The van der Waals surface area contributed by atoms with E-state index in [4.69, 9.17) is 9.47 Å². The number of carbonyl (C=O) groups is 1. The minimum atomic E-state index is -4.21. The van der Waals surface area contributed by atoms with E-state index >= 15 is 0 Å². The first-order valence-electron chi connectivity index (χ1n) is 6.80. The van der Waals surface area contributed by atoms with Crippen molar-refractivity contribution in [3.05, 3.63) is 48.1 Å².